The molecule has 2 saturated heterocycles. The van der Waals surface area contributed by atoms with Gasteiger partial charge in [0.25, 0.3) is 5.91 Å². The van der Waals surface area contributed by atoms with E-state index in [1.54, 1.807) is 0 Å². The van der Waals surface area contributed by atoms with Crippen LogP contribution < -0.4 is 10.6 Å². The van der Waals surface area contributed by atoms with Gasteiger partial charge in [-0.05, 0) is 24.3 Å². The molecule has 2 fully saturated rings. The fourth-order valence-electron chi connectivity index (χ4n) is 3.22. The highest BCUT2D eigenvalue weighted by molar-refractivity contribution is 6.22. The molecular formula is C16H19FN4O3. The van der Waals surface area contributed by atoms with Gasteiger partial charge in [0.15, 0.2) is 0 Å². The number of amides is 3. The summed E-state index contributed by atoms with van der Waals surface area (Å²) in [5, 5.41) is 0. The average Bonchev–Trinajstić information content (AvgIpc) is 2.83. The van der Waals surface area contributed by atoms with E-state index in [9.17, 15) is 18.8 Å². The second kappa shape index (κ2) is 6.66. The largest absolute Gasteiger partial charge is 0.369 e. The maximum Gasteiger partial charge on any atom is 0.251 e. The Bertz CT molecular complexity index is 656. The smallest absolute Gasteiger partial charge is 0.251 e. The molecule has 0 aromatic heterocycles. The molecule has 0 aliphatic carbocycles. The summed E-state index contributed by atoms with van der Waals surface area (Å²) in [6, 6.07) is 4.81. The first-order valence-corrected chi connectivity index (χ1v) is 7.83. The number of benzene rings is 1. The molecule has 2 aliphatic heterocycles. The predicted molar refractivity (Wildman–Crippen MR) is 84.5 cm³/mol. The van der Waals surface area contributed by atoms with Crippen molar-refractivity contribution in [1.29, 1.82) is 0 Å². The first-order valence-electron chi connectivity index (χ1n) is 7.83. The number of halogens is 1. The maximum atomic E-state index is 13.0. The molecule has 0 saturated carbocycles. The molecule has 0 bridgehead atoms. The van der Waals surface area contributed by atoms with Crippen molar-refractivity contribution in [1.82, 2.24) is 9.80 Å². The summed E-state index contributed by atoms with van der Waals surface area (Å²) in [4.78, 5) is 40.9. The van der Waals surface area contributed by atoms with Gasteiger partial charge in [-0.25, -0.2) is 9.29 Å². The molecule has 0 spiro atoms. The molecule has 1 atom stereocenters. The molecule has 0 radical (unpaired) electrons. The Kier molecular flexibility index (Phi) is 4.59. The number of primary amides is 1. The second-order valence-electron chi connectivity index (χ2n) is 6.04. The van der Waals surface area contributed by atoms with Gasteiger partial charge >= 0.3 is 0 Å². The zero-order valence-corrected chi connectivity index (χ0v) is 13.2. The lowest BCUT2D eigenvalue weighted by Crippen LogP contribution is -2.53. The summed E-state index contributed by atoms with van der Waals surface area (Å²) in [6.45, 7) is 2.63. The van der Waals surface area contributed by atoms with E-state index >= 15 is 0 Å². The van der Waals surface area contributed by atoms with Gasteiger partial charge in [-0.2, -0.15) is 0 Å². The Hall–Kier alpha value is -2.32. The number of nitrogens with two attached hydrogens (primary N) is 1. The van der Waals surface area contributed by atoms with Crippen molar-refractivity contribution in [2.45, 2.75) is 12.5 Å². The minimum atomic E-state index is -0.502. The van der Waals surface area contributed by atoms with E-state index in [1.165, 1.54) is 24.3 Å². The SMILES string of the molecule is NC(=O)CN1CCN(C2CC(=O)N(c3ccc(F)cc3)C2=O)CC1. The minimum Gasteiger partial charge on any atom is -0.369 e. The van der Waals surface area contributed by atoms with Gasteiger partial charge in [-0.3, -0.25) is 24.2 Å². The summed E-state index contributed by atoms with van der Waals surface area (Å²) in [5.41, 5.74) is 5.58. The first kappa shape index (κ1) is 16.5. The molecule has 128 valence electrons. The number of hydrogen-bond donors (Lipinski definition) is 1. The lowest BCUT2D eigenvalue weighted by molar-refractivity contribution is -0.124. The van der Waals surface area contributed by atoms with E-state index in [1.807, 2.05) is 9.80 Å². The van der Waals surface area contributed by atoms with E-state index in [2.05, 4.69) is 0 Å². The van der Waals surface area contributed by atoms with Gasteiger partial charge in [0, 0.05) is 26.2 Å². The number of hydrogen-bond acceptors (Lipinski definition) is 5. The van der Waals surface area contributed by atoms with Crippen molar-refractivity contribution >= 4 is 23.4 Å². The van der Waals surface area contributed by atoms with E-state index < -0.39 is 11.9 Å². The molecule has 3 rings (SSSR count). The van der Waals surface area contributed by atoms with Crippen LogP contribution in [0.3, 0.4) is 0 Å². The predicted octanol–water partition coefficient (Wildman–Crippen LogP) is -0.439. The molecule has 1 unspecified atom stereocenters. The molecular weight excluding hydrogens is 315 g/mol. The second-order valence-corrected chi connectivity index (χ2v) is 6.04. The Morgan fingerprint density at radius 1 is 1.12 bits per heavy atom. The van der Waals surface area contributed by atoms with Gasteiger partial charge in [0.1, 0.15) is 5.82 Å². The van der Waals surface area contributed by atoms with Crippen LogP contribution in [0, 0.1) is 5.82 Å². The van der Waals surface area contributed by atoms with Crippen molar-refractivity contribution < 1.29 is 18.8 Å². The molecule has 1 aromatic rings. The van der Waals surface area contributed by atoms with Crippen LogP contribution >= 0.6 is 0 Å². The molecule has 7 nitrogen and oxygen atoms in total. The summed E-state index contributed by atoms with van der Waals surface area (Å²) >= 11 is 0. The lowest BCUT2D eigenvalue weighted by atomic mass is 10.1. The quantitative estimate of drug-likeness (QED) is 0.755. The summed E-state index contributed by atoms with van der Waals surface area (Å²) in [6.07, 6.45) is 0.117. The Labute approximate surface area is 138 Å². The van der Waals surface area contributed by atoms with E-state index in [0.717, 1.165) is 4.90 Å². The molecule has 3 amide bonds. The van der Waals surface area contributed by atoms with Gasteiger partial charge in [-0.15, -0.1) is 0 Å². The first-order chi connectivity index (χ1) is 11.5. The molecule has 2 N–H and O–H groups in total. The van der Waals surface area contributed by atoms with Crippen LogP contribution in [0.1, 0.15) is 6.42 Å². The molecule has 8 heteroatoms. The van der Waals surface area contributed by atoms with E-state index in [-0.39, 0.29) is 30.7 Å². The monoisotopic (exact) mass is 334 g/mol. The number of rotatable bonds is 4. The Balaban J connectivity index is 1.66. The summed E-state index contributed by atoms with van der Waals surface area (Å²) in [5.74, 6) is -1.36. The number of nitrogens with zero attached hydrogens (tertiary/aromatic N) is 3. The van der Waals surface area contributed by atoms with Crippen molar-refractivity contribution in [3.63, 3.8) is 0 Å². The number of carbonyl (C=O) groups is 3. The van der Waals surface area contributed by atoms with Gasteiger partial charge in [0.05, 0.1) is 24.7 Å². The van der Waals surface area contributed by atoms with Crippen LogP contribution in [0.5, 0.6) is 0 Å². The standard InChI is InChI=1S/C16H19FN4O3/c17-11-1-3-12(4-2-11)21-15(23)9-13(16(21)24)20-7-5-19(6-8-20)10-14(18)22/h1-4,13H,5-10H2,(H2,18,22). The normalized spacial score (nSPS) is 23.0. The van der Waals surface area contributed by atoms with E-state index in [4.69, 9.17) is 5.73 Å². The van der Waals surface area contributed by atoms with Crippen molar-refractivity contribution in [2.75, 3.05) is 37.6 Å². The highest BCUT2D eigenvalue weighted by Crippen LogP contribution is 2.26. The van der Waals surface area contributed by atoms with Crippen LogP contribution in [0.2, 0.25) is 0 Å². The van der Waals surface area contributed by atoms with Crippen molar-refractivity contribution in [2.24, 2.45) is 5.73 Å². The van der Waals surface area contributed by atoms with Crippen molar-refractivity contribution in [3.05, 3.63) is 30.1 Å². The zero-order valence-electron chi connectivity index (χ0n) is 13.2. The number of carbonyl (C=O) groups excluding carboxylic acids is 3. The van der Waals surface area contributed by atoms with Gasteiger partial charge < -0.3 is 5.73 Å². The minimum absolute atomic E-state index is 0.117. The Morgan fingerprint density at radius 2 is 1.75 bits per heavy atom. The van der Waals surface area contributed by atoms with Gasteiger partial charge in [-0.1, -0.05) is 0 Å². The third-order valence-electron chi connectivity index (χ3n) is 4.43. The summed E-state index contributed by atoms with van der Waals surface area (Å²) in [7, 11) is 0. The average molecular weight is 334 g/mol. The number of anilines is 1. The maximum absolute atomic E-state index is 13.0. The summed E-state index contributed by atoms with van der Waals surface area (Å²) < 4.78 is 13.0. The van der Waals surface area contributed by atoms with Crippen molar-refractivity contribution in [3.8, 4) is 0 Å². The number of piperazine rings is 1. The van der Waals surface area contributed by atoms with Crippen LogP contribution in [-0.4, -0.2) is 66.3 Å². The van der Waals surface area contributed by atoms with Gasteiger partial charge in [0.2, 0.25) is 11.8 Å². The third kappa shape index (κ3) is 3.29. The molecule has 24 heavy (non-hydrogen) atoms. The fourth-order valence-corrected chi connectivity index (χ4v) is 3.22. The zero-order chi connectivity index (χ0) is 17.3. The highest BCUT2D eigenvalue weighted by Gasteiger charge is 2.43. The fraction of sp³-hybridized carbons (Fsp3) is 0.438. The Morgan fingerprint density at radius 3 is 2.33 bits per heavy atom. The highest BCUT2D eigenvalue weighted by atomic mass is 19.1. The topological polar surface area (TPSA) is 87.0 Å². The van der Waals surface area contributed by atoms with Crippen LogP contribution in [-0.2, 0) is 14.4 Å². The van der Waals surface area contributed by atoms with Crippen LogP contribution in [0.25, 0.3) is 0 Å². The molecule has 2 aliphatic rings. The van der Waals surface area contributed by atoms with E-state index in [0.29, 0.717) is 31.9 Å². The van der Waals surface area contributed by atoms with Crippen LogP contribution in [0.15, 0.2) is 24.3 Å². The van der Waals surface area contributed by atoms with Crippen LogP contribution in [0.4, 0.5) is 10.1 Å². The molecule has 2 heterocycles. The lowest BCUT2D eigenvalue weighted by Gasteiger charge is -2.36. The third-order valence-corrected chi connectivity index (χ3v) is 4.43. The number of imide groups is 1. The molecule has 1 aromatic carbocycles.